The lowest BCUT2D eigenvalue weighted by Crippen LogP contribution is -2.28. The molecule has 30 heavy (non-hydrogen) atoms. The summed E-state index contributed by atoms with van der Waals surface area (Å²) in [4.78, 5) is 12.3. The molecule has 148 valence electrons. The Kier molecular flexibility index (Phi) is 4.41. The number of hydrogen-bond donors (Lipinski definition) is 2. The van der Waals surface area contributed by atoms with Gasteiger partial charge < -0.3 is 11.1 Å². The molecule has 4 aromatic rings. The first-order chi connectivity index (χ1) is 14.7. The summed E-state index contributed by atoms with van der Waals surface area (Å²) in [6.45, 7) is 0.794. The number of carbonyl (C=O) groups is 1. The van der Waals surface area contributed by atoms with Crippen LogP contribution in [0.1, 0.15) is 27.0 Å². The van der Waals surface area contributed by atoms with Gasteiger partial charge in [-0.1, -0.05) is 36.4 Å². The molecule has 1 aliphatic rings. The highest BCUT2D eigenvalue weighted by Crippen LogP contribution is 2.45. The molecule has 2 aromatic heterocycles. The molecule has 0 unspecified atom stereocenters. The van der Waals surface area contributed by atoms with E-state index in [1.807, 2.05) is 48.7 Å². The number of nitrogens with zero attached hydrogens (tertiary/aromatic N) is 2. The van der Waals surface area contributed by atoms with E-state index < -0.39 is 0 Å². The van der Waals surface area contributed by atoms with E-state index in [-0.39, 0.29) is 11.7 Å². The van der Waals surface area contributed by atoms with Gasteiger partial charge in [0.15, 0.2) is 0 Å². The molecule has 0 saturated carbocycles. The van der Waals surface area contributed by atoms with Crippen LogP contribution in [0.2, 0.25) is 0 Å². The summed E-state index contributed by atoms with van der Waals surface area (Å²) < 4.78 is 15.7. The number of halogens is 1. The molecule has 1 amide bonds. The lowest BCUT2D eigenvalue weighted by Gasteiger charge is -2.05. The first-order valence-corrected chi connectivity index (χ1v) is 9.73. The van der Waals surface area contributed by atoms with Gasteiger partial charge >= 0.3 is 0 Å². The van der Waals surface area contributed by atoms with Crippen molar-refractivity contribution >= 4 is 23.1 Å². The van der Waals surface area contributed by atoms with E-state index in [1.165, 1.54) is 6.07 Å². The first kappa shape index (κ1) is 18.3. The van der Waals surface area contributed by atoms with Crippen molar-refractivity contribution in [2.45, 2.75) is 0 Å². The van der Waals surface area contributed by atoms with Crippen LogP contribution in [0.4, 0.5) is 4.39 Å². The average Bonchev–Trinajstić information content (AvgIpc) is 3.31. The van der Waals surface area contributed by atoms with Gasteiger partial charge in [0, 0.05) is 19.3 Å². The summed E-state index contributed by atoms with van der Waals surface area (Å²) in [5.74, 6) is -0.459. The molecule has 0 spiro atoms. The van der Waals surface area contributed by atoms with E-state index in [0.717, 1.165) is 33.4 Å². The number of fused-ring (bicyclic) bond motifs is 4. The number of carbonyl (C=O) groups excluding carboxylic acids is 1. The number of pyridine rings is 1. The number of aromatic nitrogens is 2. The Balaban J connectivity index is 1.58. The van der Waals surface area contributed by atoms with Crippen molar-refractivity contribution in [3.05, 3.63) is 95.1 Å². The van der Waals surface area contributed by atoms with E-state index in [0.29, 0.717) is 24.2 Å². The summed E-state index contributed by atoms with van der Waals surface area (Å²) in [7, 11) is 0. The number of amides is 1. The smallest absolute Gasteiger partial charge is 0.255 e. The van der Waals surface area contributed by atoms with Gasteiger partial charge in [0.05, 0.1) is 17.3 Å². The predicted molar refractivity (Wildman–Crippen MR) is 115 cm³/mol. The third-order valence-electron chi connectivity index (χ3n) is 5.30. The normalized spacial score (nSPS) is 13.5. The largest absolute Gasteiger partial charge is 0.351 e. The maximum absolute atomic E-state index is 14.0. The van der Waals surface area contributed by atoms with Gasteiger partial charge in [-0.25, -0.2) is 8.91 Å². The highest BCUT2D eigenvalue weighted by molar-refractivity contribution is 6.06. The topological polar surface area (TPSA) is 72.4 Å². The Morgan fingerprint density at radius 2 is 1.87 bits per heavy atom. The molecule has 6 heteroatoms. The van der Waals surface area contributed by atoms with Gasteiger partial charge in [0.2, 0.25) is 0 Å². The third-order valence-corrected chi connectivity index (χ3v) is 5.30. The highest BCUT2D eigenvalue weighted by atomic mass is 19.1. The van der Waals surface area contributed by atoms with Crippen LogP contribution in [0, 0.1) is 5.82 Å². The summed E-state index contributed by atoms with van der Waals surface area (Å²) in [5, 5.41) is 7.08. The average molecular weight is 398 g/mol. The third kappa shape index (κ3) is 2.98. The predicted octanol–water partition coefficient (Wildman–Crippen LogP) is 3.73. The van der Waals surface area contributed by atoms with Crippen molar-refractivity contribution < 1.29 is 9.18 Å². The van der Waals surface area contributed by atoms with Crippen LogP contribution in [0.5, 0.6) is 0 Å². The van der Waals surface area contributed by atoms with Crippen LogP contribution in [0.25, 0.3) is 28.3 Å². The zero-order valence-corrected chi connectivity index (χ0v) is 16.1. The maximum Gasteiger partial charge on any atom is 0.255 e. The van der Waals surface area contributed by atoms with Crippen LogP contribution in [-0.2, 0) is 0 Å². The molecule has 5 nitrogen and oxygen atoms in total. The van der Waals surface area contributed by atoms with Gasteiger partial charge in [-0.15, -0.1) is 0 Å². The Morgan fingerprint density at radius 1 is 1.07 bits per heavy atom. The molecule has 0 atom stereocenters. The summed E-state index contributed by atoms with van der Waals surface area (Å²) >= 11 is 0. The summed E-state index contributed by atoms with van der Waals surface area (Å²) in [6, 6.07) is 16.8. The van der Waals surface area contributed by atoms with Crippen molar-refractivity contribution in [3.63, 3.8) is 0 Å². The van der Waals surface area contributed by atoms with Crippen molar-refractivity contribution in [3.8, 4) is 11.1 Å². The van der Waals surface area contributed by atoms with Crippen LogP contribution < -0.4 is 11.1 Å². The highest BCUT2D eigenvalue weighted by Gasteiger charge is 2.23. The molecule has 0 fully saturated rings. The summed E-state index contributed by atoms with van der Waals surface area (Å²) in [5.41, 5.74) is 12.6. The lowest BCUT2D eigenvalue weighted by molar-refractivity contribution is 0.0956. The molecule has 2 aromatic carbocycles. The quantitative estimate of drug-likeness (QED) is 0.485. The molecule has 0 aliphatic heterocycles. The zero-order chi connectivity index (χ0) is 20.7. The van der Waals surface area contributed by atoms with E-state index in [4.69, 9.17) is 5.73 Å². The molecule has 5 rings (SSSR count). The van der Waals surface area contributed by atoms with Crippen LogP contribution in [0.15, 0.2) is 67.0 Å². The molecule has 0 radical (unpaired) electrons. The number of hydrogen-bond acceptors (Lipinski definition) is 3. The molecule has 2 heterocycles. The lowest BCUT2D eigenvalue weighted by atomic mass is 10.0. The molecule has 0 saturated heterocycles. The minimum atomic E-state index is -0.261. The van der Waals surface area contributed by atoms with Crippen LogP contribution in [-0.4, -0.2) is 28.6 Å². The number of benzene rings is 2. The monoisotopic (exact) mass is 398 g/mol. The maximum atomic E-state index is 14.0. The second-order valence-corrected chi connectivity index (χ2v) is 7.19. The summed E-state index contributed by atoms with van der Waals surface area (Å²) in [6.07, 6.45) is 5.44. The molecule has 0 bridgehead atoms. The van der Waals surface area contributed by atoms with Gasteiger partial charge in [-0.05, 0) is 57.7 Å². The van der Waals surface area contributed by atoms with E-state index in [9.17, 15) is 9.18 Å². The minimum absolute atomic E-state index is 0.198. The van der Waals surface area contributed by atoms with Gasteiger partial charge in [-0.2, -0.15) is 5.10 Å². The molecule has 1 aliphatic carbocycles. The molecular formula is C24H19FN4O. The van der Waals surface area contributed by atoms with Gasteiger partial charge in [0.1, 0.15) is 5.82 Å². The van der Waals surface area contributed by atoms with Crippen LogP contribution >= 0.6 is 0 Å². The van der Waals surface area contributed by atoms with Crippen molar-refractivity contribution in [1.82, 2.24) is 14.9 Å². The first-order valence-electron chi connectivity index (χ1n) is 9.73. The van der Waals surface area contributed by atoms with E-state index in [2.05, 4.69) is 16.5 Å². The van der Waals surface area contributed by atoms with Gasteiger partial charge in [0.25, 0.3) is 5.91 Å². The van der Waals surface area contributed by atoms with Crippen LogP contribution in [0.3, 0.4) is 0 Å². The Labute approximate surface area is 172 Å². The van der Waals surface area contributed by atoms with Crippen molar-refractivity contribution in [2.24, 2.45) is 5.73 Å². The Hall–Kier alpha value is -3.77. The molecule has 3 N–H and O–H groups in total. The SMILES string of the molecule is NCCNC(=O)c1cnn2cc(C=C3c4ccccc4-c4ccc(F)cc43)ccc12. The number of nitrogens with one attached hydrogen (secondary N) is 1. The zero-order valence-electron chi connectivity index (χ0n) is 16.1. The fraction of sp³-hybridized carbons (Fsp3) is 0.0833. The van der Waals surface area contributed by atoms with Crippen molar-refractivity contribution in [1.29, 1.82) is 0 Å². The second kappa shape index (κ2) is 7.24. The Bertz CT molecular complexity index is 1320. The van der Waals surface area contributed by atoms with E-state index in [1.54, 1.807) is 16.8 Å². The Morgan fingerprint density at radius 3 is 2.70 bits per heavy atom. The number of rotatable bonds is 4. The fourth-order valence-corrected chi connectivity index (χ4v) is 3.94. The number of nitrogens with two attached hydrogens (primary N) is 1. The second-order valence-electron chi connectivity index (χ2n) is 7.19. The minimum Gasteiger partial charge on any atom is -0.351 e. The molecular weight excluding hydrogens is 379 g/mol. The fourth-order valence-electron chi connectivity index (χ4n) is 3.94. The standard InChI is InChI=1S/C24H19FN4O/c25-16-6-7-19-17-3-1-2-4-18(17)20(21(19)12-16)11-15-5-8-23-22(13-28-29(23)14-15)24(30)27-10-9-26/h1-8,11-14H,9-10,26H2,(H,27,30). The van der Waals surface area contributed by atoms with E-state index >= 15 is 0 Å². The van der Waals surface area contributed by atoms with Crippen molar-refractivity contribution in [2.75, 3.05) is 13.1 Å². The van der Waals surface area contributed by atoms with Gasteiger partial charge in [-0.3, -0.25) is 4.79 Å².